The van der Waals surface area contributed by atoms with Crippen LogP contribution in [0.5, 0.6) is 0 Å². The van der Waals surface area contributed by atoms with Gasteiger partial charge in [-0.15, -0.1) is 0 Å². The van der Waals surface area contributed by atoms with Crippen molar-refractivity contribution in [2.75, 3.05) is 18.0 Å². The molecule has 4 rings (SSSR count). The molecule has 3 amide bonds. The Morgan fingerprint density at radius 3 is 2.52 bits per heavy atom. The van der Waals surface area contributed by atoms with Crippen LogP contribution in [-0.2, 0) is 16.1 Å². The lowest BCUT2D eigenvalue weighted by Crippen LogP contribution is -2.51. The van der Waals surface area contributed by atoms with Gasteiger partial charge >= 0.3 is 0 Å². The molecule has 0 aliphatic carbocycles. The summed E-state index contributed by atoms with van der Waals surface area (Å²) in [6.45, 7) is 4.19. The monoisotopic (exact) mass is 463 g/mol. The van der Waals surface area contributed by atoms with E-state index in [2.05, 4.69) is 5.32 Å². The van der Waals surface area contributed by atoms with Crippen LogP contribution in [0.1, 0.15) is 36.2 Å². The lowest BCUT2D eigenvalue weighted by Gasteiger charge is -2.31. The van der Waals surface area contributed by atoms with E-state index in [1.54, 1.807) is 19.1 Å². The summed E-state index contributed by atoms with van der Waals surface area (Å²) >= 11 is 6.35. The van der Waals surface area contributed by atoms with Crippen LogP contribution < -0.4 is 10.2 Å². The fourth-order valence-electron chi connectivity index (χ4n) is 4.15. The van der Waals surface area contributed by atoms with Crippen LogP contribution >= 0.6 is 11.6 Å². The van der Waals surface area contributed by atoms with Crippen molar-refractivity contribution in [1.82, 2.24) is 10.2 Å². The summed E-state index contributed by atoms with van der Waals surface area (Å²) in [6, 6.07) is 17.8. The van der Waals surface area contributed by atoms with Gasteiger partial charge in [-0.1, -0.05) is 61.0 Å². The minimum absolute atomic E-state index is 0.164. The molecule has 3 aromatic rings. The molecule has 33 heavy (non-hydrogen) atoms. The molecular weight excluding hydrogens is 438 g/mol. The highest BCUT2D eigenvalue weighted by molar-refractivity contribution is 6.31. The molecule has 6 nitrogen and oxygen atoms in total. The standard InChI is InChI=1S/C26H26ClN3O3/c1-3-14-28-25(32)17(2)29(15-19-8-4-5-12-21(19)27)23(31)16-30-22-13-7-10-18-9-6-11-20(24(18)22)26(30)33/h4-13,17H,3,14-16H2,1-2H3,(H,28,32)/t17-/m1/s1. The minimum Gasteiger partial charge on any atom is -0.354 e. The molecule has 1 heterocycles. The third kappa shape index (κ3) is 4.44. The van der Waals surface area contributed by atoms with Gasteiger partial charge < -0.3 is 10.2 Å². The second-order valence-corrected chi connectivity index (χ2v) is 8.56. The van der Waals surface area contributed by atoms with Gasteiger partial charge in [0.1, 0.15) is 12.6 Å². The lowest BCUT2D eigenvalue weighted by atomic mass is 10.1. The molecule has 1 atom stereocenters. The zero-order valence-corrected chi connectivity index (χ0v) is 19.4. The summed E-state index contributed by atoms with van der Waals surface area (Å²) in [5, 5.41) is 5.18. The maximum absolute atomic E-state index is 13.6. The van der Waals surface area contributed by atoms with Crippen LogP contribution in [0.4, 0.5) is 5.69 Å². The van der Waals surface area contributed by atoms with Gasteiger partial charge in [-0.05, 0) is 42.5 Å². The lowest BCUT2D eigenvalue weighted by molar-refractivity contribution is -0.139. The van der Waals surface area contributed by atoms with Gasteiger partial charge in [0.15, 0.2) is 0 Å². The first-order valence-electron chi connectivity index (χ1n) is 11.1. The highest BCUT2D eigenvalue weighted by atomic mass is 35.5. The normalized spacial score (nSPS) is 13.3. The SMILES string of the molecule is CCCNC(=O)[C@@H](C)N(Cc1ccccc1Cl)C(=O)CN1C(=O)c2cccc3cccc1c23. The molecule has 0 saturated heterocycles. The number of nitrogens with one attached hydrogen (secondary N) is 1. The molecule has 0 aromatic heterocycles. The molecule has 0 fully saturated rings. The van der Waals surface area contributed by atoms with E-state index >= 15 is 0 Å². The predicted octanol–water partition coefficient (Wildman–Crippen LogP) is 4.40. The van der Waals surface area contributed by atoms with E-state index in [0.29, 0.717) is 22.8 Å². The van der Waals surface area contributed by atoms with Crippen LogP contribution in [0.2, 0.25) is 5.02 Å². The number of benzene rings is 3. The summed E-state index contributed by atoms with van der Waals surface area (Å²) < 4.78 is 0. The minimum atomic E-state index is -0.726. The van der Waals surface area contributed by atoms with E-state index < -0.39 is 6.04 Å². The van der Waals surface area contributed by atoms with Gasteiger partial charge in [-0.25, -0.2) is 0 Å². The Labute approximate surface area is 198 Å². The molecule has 7 heteroatoms. The molecular formula is C26H26ClN3O3. The number of rotatable bonds is 8. The van der Waals surface area contributed by atoms with E-state index in [9.17, 15) is 14.4 Å². The molecule has 1 N–H and O–H groups in total. The van der Waals surface area contributed by atoms with Crippen LogP contribution in [0.3, 0.4) is 0 Å². The summed E-state index contributed by atoms with van der Waals surface area (Å²) in [6.07, 6.45) is 0.793. The van der Waals surface area contributed by atoms with Crippen LogP contribution in [0, 0.1) is 0 Å². The molecule has 1 aliphatic rings. The van der Waals surface area contributed by atoms with Crippen molar-refractivity contribution in [2.45, 2.75) is 32.9 Å². The van der Waals surface area contributed by atoms with Crippen LogP contribution in [0.25, 0.3) is 10.8 Å². The zero-order valence-electron chi connectivity index (χ0n) is 18.7. The third-order valence-corrected chi connectivity index (χ3v) is 6.33. The number of carbonyl (C=O) groups is 3. The smallest absolute Gasteiger partial charge is 0.259 e. The number of carbonyl (C=O) groups excluding carboxylic acids is 3. The molecule has 0 saturated carbocycles. The van der Waals surface area contributed by atoms with E-state index in [1.807, 2.05) is 55.5 Å². The summed E-state index contributed by atoms with van der Waals surface area (Å²) in [5.41, 5.74) is 2.03. The number of nitrogens with zero attached hydrogens (tertiary/aromatic N) is 2. The van der Waals surface area contributed by atoms with E-state index in [-0.39, 0.29) is 30.8 Å². The number of anilines is 1. The van der Waals surface area contributed by atoms with Gasteiger partial charge in [0.05, 0.1) is 5.69 Å². The van der Waals surface area contributed by atoms with Crippen molar-refractivity contribution in [3.63, 3.8) is 0 Å². The average Bonchev–Trinajstić information content (AvgIpc) is 3.09. The Bertz CT molecular complexity index is 1220. The summed E-state index contributed by atoms with van der Waals surface area (Å²) in [4.78, 5) is 42.4. The number of amides is 3. The van der Waals surface area contributed by atoms with Crippen molar-refractivity contribution >= 4 is 45.8 Å². The van der Waals surface area contributed by atoms with Gasteiger partial charge in [-0.3, -0.25) is 19.3 Å². The Morgan fingerprint density at radius 1 is 1.06 bits per heavy atom. The second-order valence-electron chi connectivity index (χ2n) is 8.15. The highest BCUT2D eigenvalue weighted by Crippen LogP contribution is 2.37. The summed E-state index contributed by atoms with van der Waals surface area (Å²) in [5.74, 6) is -0.779. The molecule has 0 spiro atoms. The zero-order chi connectivity index (χ0) is 23.5. The fraction of sp³-hybridized carbons (Fsp3) is 0.269. The fourth-order valence-corrected chi connectivity index (χ4v) is 4.35. The largest absolute Gasteiger partial charge is 0.354 e. The molecule has 170 valence electrons. The topological polar surface area (TPSA) is 69.7 Å². The number of hydrogen-bond acceptors (Lipinski definition) is 3. The van der Waals surface area contributed by atoms with Crippen LogP contribution in [0.15, 0.2) is 60.7 Å². The van der Waals surface area contributed by atoms with Gasteiger partial charge in [0, 0.05) is 29.1 Å². The predicted molar refractivity (Wildman–Crippen MR) is 130 cm³/mol. The van der Waals surface area contributed by atoms with Crippen LogP contribution in [-0.4, -0.2) is 41.8 Å². The van der Waals surface area contributed by atoms with Crippen molar-refractivity contribution in [2.24, 2.45) is 0 Å². The molecule has 3 aromatic carbocycles. The van der Waals surface area contributed by atoms with E-state index in [0.717, 1.165) is 22.8 Å². The Balaban J connectivity index is 1.63. The highest BCUT2D eigenvalue weighted by Gasteiger charge is 2.34. The van der Waals surface area contributed by atoms with Gasteiger partial charge in [0.25, 0.3) is 5.91 Å². The Kier molecular flexibility index (Phi) is 6.65. The first-order chi connectivity index (χ1) is 15.9. The van der Waals surface area contributed by atoms with Crippen molar-refractivity contribution < 1.29 is 14.4 Å². The molecule has 0 radical (unpaired) electrons. The average molecular weight is 464 g/mol. The number of hydrogen-bond donors (Lipinski definition) is 1. The quantitative estimate of drug-likeness (QED) is 0.538. The molecule has 0 bridgehead atoms. The second kappa shape index (κ2) is 9.63. The van der Waals surface area contributed by atoms with Crippen molar-refractivity contribution in [1.29, 1.82) is 0 Å². The van der Waals surface area contributed by atoms with Gasteiger partial charge in [0.2, 0.25) is 11.8 Å². The van der Waals surface area contributed by atoms with E-state index in [4.69, 9.17) is 11.6 Å². The Morgan fingerprint density at radius 2 is 1.79 bits per heavy atom. The third-order valence-electron chi connectivity index (χ3n) is 5.96. The maximum atomic E-state index is 13.6. The molecule has 1 aliphatic heterocycles. The van der Waals surface area contributed by atoms with E-state index in [1.165, 1.54) is 9.80 Å². The Hall–Kier alpha value is -3.38. The van der Waals surface area contributed by atoms with Crippen molar-refractivity contribution in [3.05, 3.63) is 76.8 Å². The van der Waals surface area contributed by atoms with Crippen molar-refractivity contribution in [3.8, 4) is 0 Å². The first kappa shape index (κ1) is 22.8. The molecule has 0 unspecified atom stereocenters. The first-order valence-corrected chi connectivity index (χ1v) is 11.4. The van der Waals surface area contributed by atoms with Gasteiger partial charge in [-0.2, -0.15) is 0 Å². The number of halogens is 1. The maximum Gasteiger partial charge on any atom is 0.259 e. The summed E-state index contributed by atoms with van der Waals surface area (Å²) in [7, 11) is 0.